The van der Waals surface area contributed by atoms with Gasteiger partial charge in [-0.3, -0.25) is 4.90 Å². The second-order valence-corrected chi connectivity index (χ2v) is 5.06. The number of hydrogen-bond donors (Lipinski definition) is 0. The maximum Gasteiger partial charge on any atom is 0.0593 e. The van der Waals surface area contributed by atoms with Gasteiger partial charge in [-0.05, 0) is 19.3 Å². The van der Waals surface area contributed by atoms with Crippen LogP contribution in [0.15, 0.2) is 0 Å². The summed E-state index contributed by atoms with van der Waals surface area (Å²) >= 11 is 3.52. The van der Waals surface area contributed by atoms with E-state index in [2.05, 4.69) is 20.8 Å². The molecule has 1 fully saturated rings. The first kappa shape index (κ1) is 14.4. The Morgan fingerprint density at radius 2 is 2.00 bits per heavy atom. The first-order valence-corrected chi connectivity index (χ1v) is 7.37. The van der Waals surface area contributed by atoms with Gasteiger partial charge in [-0.2, -0.15) is 0 Å². The molecule has 0 atom stereocenters. The van der Waals surface area contributed by atoms with Crippen LogP contribution >= 0.6 is 15.9 Å². The molecule has 1 saturated carbocycles. The lowest BCUT2D eigenvalue weighted by atomic mass is 9.91. The van der Waals surface area contributed by atoms with Gasteiger partial charge in [0, 0.05) is 44.8 Å². The molecule has 0 N–H and O–H groups in total. The van der Waals surface area contributed by atoms with E-state index in [1.165, 1.54) is 19.3 Å². The highest BCUT2D eigenvalue weighted by Crippen LogP contribution is 2.24. The summed E-state index contributed by atoms with van der Waals surface area (Å²) in [6.07, 6.45) is 5.14. The van der Waals surface area contributed by atoms with E-state index in [4.69, 9.17) is 9.47 Å². The van der Waals surface area contributed by atoms with Crippen LogP contribution in [-0.4, -0.2) is 56.3 Å². The smallest absolute Gasteiger partial charge is 0.0593 e. The van der Waals surface area contributed by atoms with Crippen molar-refractivity contribution in [2.24, 2.45) is 0 Å². The largest absolute Gasteiger partial charge is 0.385 e. The van der Waals surface area contributed by atoms with Crippen LogP contribution in [0.2, 0.25) is 0 Å². The normalized spacial score (nSPS) is 16.7. The standard InChI is InChI=1S/C12H24BrNO2/c1-15-9-3-10-16-11-8-14(7-6-13)12-4-2-5-12/h12H,2-11H2,1H3. The average molecular weight is 294 g/mol. The summed E-state index contributed by atoms with van der Waals surface area (Å²) in [5.74, 6) is 0. The number of rotatable bonds is 10. The molecule has 1 aliphatic rings. The van der Waals surface area contributed by atoms with Crippen LogP contribution in [0.25, 0.3) is 0 Å². The van der Waals surface area contributed by atoms with Crippen molar-refractivity contribution >= 4 is 15.9 Å². The SMILES string of the molecule is COCCCOCCN(CCBr)C1CCC1. The lowest BCUT2D eigenvalue weighted by Gasteiger charge is -2.37. The first-order valence-electron chi connectivity index (χ1n) is 6.25. The molecule has 0 aromatic carbocycles. The zero-order valence-corrected chi connectivity index (χ0v) is 11.9. The fraction of sp³-hybridized carbons (Fsp3) is 1.00. The summed E-state index contributed by atoms with van der Waals surface area (Å²) in [7, 11) is 1.73. The summed E-state index contributed by atoms with van der Waals surface area (Å²) < 4.78 is 10.6. The van der Waals surface area contributed by atoms with Gasteiger partial charge in [0.2, 0.25) is 0 Å². The van der Waals surface area contributed by atoms with Gasteiger partial charge < -0.3 is 9.47 Å². The Hall–Kier alpha value is 0.360. The second-order valence-electron chi connectivity index (χ2n) is 4.27. The molecule has 0 aliphatic heterocycles. The molecule has 0 saturated heterocycles. The molecule has 1 rings (SSSR count). The van der Waals surface area contributed by atoms with Crippen molar-refractivity contribution in [3.63, 3.8) is 0 Å². The van der Waals surface area contributed by atoms with Crippen LogP contribution in [0.5, 0.6) is 0 Å². The van der Waals surface area contributed by atoms with Crippen molar-refractivity contribution in [1.82, 2.24) is 4.90 Å². The third-order valence-electron chi connectivity index (χ3n) is 3.12. The van der Waals surface area contributed by atoms with Gasteiger partial charge in [0.05, 0.1) is 6.61 Å². The predicted octanol–water partition coefficient (Wildman–Crippen LogP) is 2.29. The molecular formula is C12H24BrNO2. The van der Waals surface area contributed by atoms with Gasteiger partial charge in [-0.1, -0.05) is 22.4 Å². The van der Waals surface area contributed by atoms with Crippen LogP contribution < -0.4 is 0 Å². The Morgan fingerprint density at radius 3 is 2.56 bits per heavy atom. The number of alkyl halides is 1. The third kappa shape index (κ3) is 5.62. The summed E-state index contributed by atoms with van der Waals surface area (Å²) in [5, 5.41) is 1.06. The van der Waals surface area contributed by atoms with E-state index < -0.39 is 0 Å². The highest BCUT2D eigenvalue weighted by atomic mass is 79.9. The van der Waals surface area contributed by atoms with Crippen molar-refractivity contribution in [3.8, 4) is 0 Å². The summed E-state index contributed by atoms with van der Waals surface area (Å²) in [6.45, 7) is 4.69. The zero-order valence-electron chi connectivity index (χ0n) is 10.3. The third-order valence-corrected chi connectivity index (χ3v) is 3.48. The number of ether oxygens (including phenoxy) is 2. The second kappa shape index (κ2) is 9.40. The lowest BCUT2D eigenvalue weighted by Crippen LogP contribution is -2.43. The van der Waals surface area contributed by atoms with Crippen molar-refractivity contribution in [3.05, 3.63) is 0 Å². The summed E-state index contributed by atoms with van der Waals surface area (Å²) in [6, 6.07) is 0.820. The molecule has 1 aliphatic carbocycles. The highest BCUT2D eigenvalue weighted by Gasteiger charge is 2.23. The number of nitrogens with zero attached hydrogens (tertiary/aromatic N) is 1. The quantitative estimate of drug-likeness (QED) is 0.456. The minimum Gasteiger partial charge on any atom is -0.385 e. The predicted molar refractivity (Wildman–Crippen MR) is 70.3 cm³/mol. The minimum atomic E-state index is 0.799. The Bertz CT molecular complexity index is 165. The Morgan fingerprint density at radius 1 is 1.19 bits per heavy atom. The van der Waals surface area contributed by atoms with Crippen LogP contribution in [0.3, 0.4) is 0 Å². The molecule has 0 amide bonds. The number of hydrogen-bond acceptors (Lipinski definition) is 3. The molecule has 0 aromatic heterocycles. The fourth-order valence-electron chi connectivity index (χ4n) is 1.93. The van der Waals surface area contributed by atoms with E-state index in [1.807, 2.05) is 0 Å². The molecule has 0 heterocycles. The molecule has 0 unspecified atom stereocenters. The van der Waals surface area contributed by atoms with E-state index in [-0.39, 0.29) is 0 Å². The highest BCUT2D eigenvalue weighted by molar-refractivity contribution is 9.09. The molecular weight excluding hydrogens is 270 g/mol. The Balaban J connectivity index is 1.98. The molecule has 96 valence electrons. The Labute approximate surface area is 108 Å². The maximum absolute atomic E-state index is 5.59. The van der Waals surface area contributed by atoms with Gasteiger partial charge in [0.1, 0.15) is 0 Å². The van der Waals surface area contributed by atoms with Crippen molar-refractivity contribution in [2.75, 3.05) is 45.4 Å². The molecule has 3 nitrogen and oxygen atoms in total. The lowest BCUT2D eigenvalue weighted by molar-refractivity contribution is 0.0587. The number of methoxy groups -OCH3 is 1. The average Bonchev–Trinajstić information content (AvgIpc) is 2.21. The van der Waals surface area contributed by atoms with E-state index >= 15 is 0 Å². The van der Waals surface area contributed by atoms with Crippen LogP contribution in [-0.2, 0) is 9.47 Å². The fourth-order valence-corrected chi connectivity index (χ4v) is 2.38. The van der Waals surface area contributed by atoms with E-state index in [0.29, 0.717) is 0 Å². The van der Waals surface area contributed by atoms with Crippen molar-refractivity contribution in [2.45, 2.75) is 31.7 Å². The first-order chi connectivity index (χ1) is 7.88. The molecule has 0 aromatic rings. The summed E-state index contributed by atoms with van der Waals surface area (Å²) in [5.41, 5.74) is 0. The monoisotopic (exact) mass is 293 g/mol. The van der Waals surface area contributed by atoms with Crippen LogP contribution in [0.1, 0.15) is 25.7 Å². The molecule has 0 radical (unpaired) electrons. The number of halogens is 1. The molecule has 0 bridgehead atoms. The van der Waals surface area contributed by atoms with Gasteiger partial charge in [0.15, 0.2) is 0 Å². The minimum absolute atomic E-state index is 0.799. The van der Waals surface area contributed by atoms with Crippen LogP contribution in [0.4, 0.5) is 0 Å². The van der Waals surface area contributed by atoms with E-state index in [1.54, 1.807) is 7.11 Å². The topological polar surface area (TPSA) is 21.7 Å². The molecule has 4 heteroatoms. The maximum atomic E-state index is 5.59. The Kier molecular flexibility index (Phi) is 8.47. The van der Waals surface area contributed by atoms with Gasteiger partial charge in [-0.25, -0.2) is 0 Å². The van der Waals surface area contributed by atoms with E-state index in [9.17, 15) is 0 Å². The van der Waals surface area contributed by atoms with E-state index in [0.717, 1.165) is 50.7 Å². The summed E-state index contributed by atoms with van der Waals surface area (Å²) in [4.78, 5) is 2.55. The van der Waals surface area contributed by atoms with Gasteiger partial charge in [0.25, 0.3) is 0 Å². The van der Waals surface area contributed by atoms with Crippen molar-refractivity contribution in [1.29, 1.82) is 0 Å². The molecule has 16 heavy (non-hydrogen) atoms. The van der Waals surface area contributed by atoms with Gasteiger partial charge in [-0.15, -0.1) is 0 Å². The molecule has 0 spiro atoms. The van der Waals surface area contributed by atoms with Crippen LogP contribution in [0, 0.1) is 0 Å². The van der Waals surface area contributed by atoms with Crippen molar-refractivity contribution < 1.29 is 9.47 Å². The zero-order chi connectivity index (χ0) is 11.6. The van der Waals surface area contributed by atoms with Gasteiger partial charge >= 0.3 is 0 Å².